The van der Waals surface area contributed by atoms with E-state index in [0.717, 1.165) is 11.1 Å². The van der Waals surface area contributed by atoms with E-state index in [0.29, 0.717) is 48.3 Å². The molecule has 7 nitrogen and oxygen atoms in total. The zero-order valence-corrected chi connectivity index (χ0v) is 18.8. The van der Waals surface area contributed by atoms with Crippen LogP contribution in [-0.2, 0) is 18.5 Å². The standard InChI is InChI=1S/C22H24ClF3N6O/c1-13(12-33)28-18-9-15(16(23)10-27-18)14-8-17-19-29-30-20(21(4-2-5-21)22(24,25)26)32(19)7-3-6-31(17)11-14/h8-11,13,33H,2-7,12H2,1H3,(H,27,28)/t13-/m0/s1. The molecule has 0 radical (unpaired) electrons. The maximum Gasteiger partial charge on any atom is 0.401 e. The van der Waals surface area contributed by atoms with Crippen molar-refractivity contribution in [2.75, 3.05) is 11.9 Å². The Morgan fingerprint density at radius 2 is 2.00 bits per heavy atom. The lowest BCUT2D eigenvalue weighted by atomic mass is 9.67. The number of rotatable bonds is 5. The van der Waals surface area contributed by atoms with Crippen molar-refractivity contribution in [3.8, 4) is 22.6 Å². The van der Waals surface area contributed by atoms with Crippen molar-refractivity contribution in [2.45, 2.75) is 63.3 Å². The summed E-state index contributed by atoms with van der Waals surface area (Å²) in [4.78, 5) is 4.26. The molecule has 0 saturated heterocycles. The Balaban J connectivity index is 1.56. The van der Waals surface area contributed by atoms with Gasteiger partial charge in [0.05, 0.1) is 17.3 Å². The van der Waals surface area contributed by atoms with Crippen LogP contribution in [0, 0.1) is 0 Å². The fourth-order valence-corrected chi connectivity index (χ4v) is 4.90. The lowest BCUT2D eigenvalue weighted by Crippen LogP contribution is -2.49. The van der Waals surface area contributed by atoms with E-state index < -0.39 is 11.6 Å². The summed E-state index contributed by atoms with van der Waals surface area (Å²) in [5, 5.41) is 21.1. The maximum atomic E-state index is 14.0. The largest absolute Gasteiger partial charge is 0.401 e. The molecule has 0 bridgehead atoms. The molecule has 2 N–H and O–H groups in total. The smallest absolute Gasteiger partial charge is 0.394 e. The van der Waals surface area contributed by atoms with Gasteiger partial charge in [0.1, 0.15) is 17.1 Å². The summed E-state index contributed by atoms with van der Waals surface area (Å²) in [6.45, 7) is 2.87. The molecule has 1 fully saturated rings. The Labute approximate surface area is 193 Å². The van der Waals surface area contributed by atoms with Crippen molar-refractivity contribution in [2.24, 2.45) is 0 Å². The molecule has 2 aliphatic rings. The number of halogens is 4. The van der Waals surface area contributed by atoms with Gasteiger partial charge in [0.2, 0.25) is 0 Å². The van der Waals surface area contributed by atoms with Crippen LogP contribution in [-0.4, -0.2) is 48.2 Å². The van der Waals surface area contributed by atoms with Gasteiger partial charge in [-0.1, -0.05) is 18.0 Å². The van der Waals surface area contributed by atoms with E-state index in [1.807, 2.05) is 23.8 Å². The van der Waals surface area contributed by atoms with E-state index in [2.05, 4.69) is 20.5 Å². The highest BCUT2D eigenvalue weighted by atomic mass is 35.5. The first-order valence-electron chi connectivity index (χ1n) is 11.0. The molecule has 1 aliphatic heterocycles. The van der Waals surface area contributed by atoms with Crippen LogP contribution in [0.5, 0.6) is 0 Å². The van der Waals surface area contributed by atoms with Gasteiger partial charge in [-0.15, -0.1) is 10.2 Å². The molecule has 1 saturated carbocycles. The molecule has 3 aromatic rings. The van der Waals surface area contributed by atoms with Crippen LogP contribution in [0.1, 0.15) is 38.4 Å². The van der Waals surface area contributed by atoms with Crippen LogP contribution >= 0.6 is 11.6 Å². The fraction of sp³-hybridized carbons (Fsp3) is 0.500. The summed E-state index contributed by atoms with van der Waals surface area (Å²) in [5.41, 5.74) is 0.353. The maximum absolute atomic E-state index is 14.0. The van der Waals surface area contributed by atoms with Gasteiger partial charge >= 0.3 is 6.18 Å². The number of alkyl halides is 3. The first-order chi connectivity index (χ1) is 15.7. The number of fused-ring (bicyclic) bond motifs is 3. The molecule has 0 aromatic carbocycles. The number of nitrogens with one attached hydrogen (secondary N) is 1. The molecule has 0 amide bonds. The molecular weight excluding hydrogens is 457 g/mol. The minimum absolute atomic E-state index is 0.0267. The topological polar surface area (TPSA) is 80.8 Å². The number of anilines is 1. The quantitative estimate of drug-likeness (QED) is 0.556. The summed E-state index contributed by atoms with van der Waals surface area (Å²) in [5.74, 6) is 1.04. The molecule has 4 heterocycles. The summed E-state index contributed by atoms with van der Waals surface area (Å²) < 4.78 is 45.6. The van der Waals surface area contributed by atoms with Crippen molar-refractivity contribution < 1.29 is 18.3 Å². The van der Waals surface area contributed by atoms with Crippen molar-refractivity contribution in [1.29, 1.82) is 0 Å². The monoisotopic (exact) mass is 480 g/mol. The molecule has 11 heteroatoms. The molecule has 1 aliphatic carbocycles. The zero-order valence-electron chi connectivity index (χ0n) is 18.0. The van der Waals surface area contributed by atoms with Crippen LogP contribution in [0.15, 0.2) is 24.5 Å². The predicted molar refractivity (Wildman–Crippen MR) is 118 cm³/mol. The van der Waals surface area contributed by atoms with Gasteiger partial charge in [-0.05, 0) is 38.3 Å². The first kappa shape index (κ1) is 22.2. The average molecular weight is 481 g/mol. The summed E-state index contributed by atoms with van der Waals surface area (Å²) >= 11 is 6.43. The molecule has 0 unspecified atom stereocenters. The Bertz CT molecular complexity index is 1180. The van der Waals surface area contributed by atoms with E-state index >= 15 is 0 Å². The highest BCUT2D eigenvalue weighted by molar-refractivity contribution is 6.33. The van der Waals surface area contributed by atoms with Gasteiger partial charge in [0, 0.05) is 42.7 Å². The normalized spacial score (nSPS) is 18.1. The molecule has 0 spiro atoms. The van der Waals surface area contributed by atoms with Crippen molar-refractivity contribution in [3.05, 3.63) is 35.4 Å². The van der Waals surface area contributed by atoms with Crippen LogP contribution in [0.25, 0.3) is 22.6 Å². The van der Waals surface area contributed by atoms with E-state index in [1.54, 1.807) is 10.6 Å². The van der Waals surface area contributed by atoms with Crippen molar-refractivity contribution in [3.63, 3.8) is 0 Å². The molecule has 176 valence electrons. The van der Waals surface area contributed by atoms with Crippen LogP contribution in [0.4, 0.5) is 19.0 Å². The number of aryl methyl sites for hydroxylation is 1. The van der Waals surface area contributed by atoms with Crippen LogP contribution in [0.2, 0.25) is 5.02 Å². The Kier molecular flexibility index (Phi) is 5.40. The summed E-state index contributed by atoms with van der Waals surface area (Å²) in [7, 11) is 0. The molecular formula is C22H24ClF3N6O. The number of hydrogen-bond donors (Lipinski definition) is 2. The number of pyridine rings is 1. The number of hydrogen-bond acceptors (Lipinski definition) is 5. The van der Waals surface area contributed by atoms with Crippen LogP contribution in [0.3, 0.4) is 0 Å². The van der Waals surface area contributed by atoms with Gasteiger partial charge in [0.25, 0.3) is 0 Å². The third kappa shape index (κ3) is 3.59. The number of aromatic nitrogens is 5. The SMILES string of the molecule is C[C@@H](CO)Nc1cc(-c2cc3n(c2)CCCn2c-3nnc2C2(C(F)(F)F)CCC2)c(Cl)cn1. The second-order valence-corrected chi connectivity index (χ2v) is 9.28. The van der Waals surface area contributed by atoms with Gasteiger partial charge in [-0.25, -0.2) is 4.98 Å². The molecule has 3 aromatic heterocycles. The molecule has 1 atom stereocenters. The Morgan fingerprint density at radius 3 is 2.67 bits per heavy atom. The van der Waals surface area contributed by atoms with E-state index in [9.17, 15) is 18.3 Å². The number of aliphatic hydroxyl groups excluding tert-OH is 1. The minimum atomic E-state index is -4.35. The molecule has 33 heavy (non-hydrogen) atoms. The highest BCUT2D eigenvalue weighted by Gasteiger charge is 2.62. The van der Waals surface area contributed by atoms with Gasteiger partial charge in [-0.3, -0.25) is 0 Å². The summed E-state index contributed by atoms with van der Waals surface area (Å²) in [6.07, 6.45) is 0.421. The first-order valence-corrected chi connectivity index (χ1v) is 11.4. The lowest BCUT2D eigenvalue weighted by molar-refractivity contribution is -0.216. The minimum Gasteiger partial charge on any atom is -0.394 e. The average Bonchev–Trinajstić information content (AvgIpc) is 3.28. The Morgan fingerprint density at radius 1 is 1.21 bits per heavy atom. The third-order valence-electron chi connectivity index (χ3n) is 6.67. The van der Waals surface area contributed by atoms with Crippen LogP contribution < -0.4 is 5.32 Å². The number of aliphatic hydroxyl groups is 1. The fourth-order valence-electron chi connectivity index (χ4n) is 4.69. The van der Waals surface area contributed by atoms with Gasteiger partial charge in [0.15, 0.2) is 5.82 Å². The Hall–Kier alpha value is -2.59. The van der Waals surface area contributed by atoms with Gasteiger partial charge in [-0.2, -0.15) is 13.2 Å². The third-order valence-corrected chi connectivity index (χ3v) is 6.97. The lowest BCUT2D eigenvalue weighted by Gasteiger charge is -2.42. The van der Waals surface area contributed by atoms with E-state index in [-0.39, 0.29) is 31.3 Å². The second kappa shape index (κ2) is 8.02. The van der Waals surface area contributed by atoms with Crippen molar-refractivity contribution >= 4 is 17.4 Å². The zero-order chi connectivity index (χ0) is 23.4. The summed E-state index contributed by atoms with van der Waals surface area (Å²) in [6, 6.07) is 3.51. The second-order valence-electron chi connectivity index (χ2n) is 8.87. The predicted octanol–water partition coefficient (Wildman–Crippen LogP) is 4.64. The highest BCUT2D eigenvalue weighted by Crippen LogP contribution is 2.54. The molecule has 5 rings (SSSR count). The number of nitrogens with zero attached hydrogens (tertiary/aromatic N) is 5. The van der Waals surface area contributed by atoms with Gasteiger partial charge < -0.3 is 19.6 Å². The van der Waals surface area contributed by atoms with E-state index in [1.165, 1.54) is 6.20 Å². The van der Waals surface area contributed by atoms with E-state index in [4.69, 9.17) is 11.6 Å². The van der Waals surface area contributed by atoms with Crippen molar-refractivity contribution in [1.82, 2.24) is 24.3 Å².